The molecule has 2 N–H and O–H groups in total. The predicted molar refractivity (Wildman–Crippen MR) is 114 cm³/mol. The van der Waals surface area contributed by atoms with E-state index >= 15 is 0 Å². The van der Waals surface area contributed by atoms with Crippen molar-refractivity contribution in [3.8, 4) is 5.75 Å². The first-order valence-electron chi connectivity index (χ1n) is 8.56. The lowest BCUT2D eigenvalue weighted by Gasteiger charge is -2.13. The molecule has 0 fully saturated rings. The number of hydrogen-bond donors (Lipinski definition) is 2. The molecule has 1 atom stereocenters. The number of methoxy groups -OCH3 is 1. The van der Waals surface area contributed by atoms with E-state index in [4.69, 9.17) is 16.3 Å². The van der Waals surface area contributed by atoms with Crippen molar-refractivity contribution < 1.29 is 9.53 Å². The fraction of sp³-hybridized carbons (Fsp3) is 0.150. The largest absolute Gasteiger partial charge is 0.497 e. The van der Waals surface area contributed by atoms with E-state index in [0.29, 0.717) is 10.2 Å². The number of nitrogens with zero attached hydrogens (tertiary/aromatic N) is 2. The molecule has 0 aliphatic carbocycles. The molecule has 1 aliphatic heterocycles. The van der Waals surface area contributed by atoms with Gasteiger partial charge in [0.1, 0.15) is 16.3 Å². The fourth-order valence-electron chi connectivity index (χ4n) is 2.87. The zero-order chi connectivity index (χ0) is 19.7. The molecule has 2 heterocycles. The molecule has 6 nitrogen and oxygen atoms in total. The monoisotopic (exact) mass is 412 g/mol. The average molecular weight is 413 g/mol. The van der Waals surface area contributed by atoms with Crippen LogP contribution in [0.15, 0.2) is 53.6 Å². The van der Waals surface area contributed by atoms with E-state index in [-0.39, 0.29) is 11.3 Å². The number of carbonyl (C=O) groups is 1. The van der Waals surface area contributed by atoms with E-state index in [0.717, 1.165) is 33.5 Å². The molecule has 4 rings (SSSR count). The second kappa shape index (κ2) is 7.69. The molecule has 0 spiro atoms. The molecule has 3 aromatic rings. The van der Waals surface area contributed by atoms with Crippen LogP contribution >= 0.6 is 23.4 Å². The van der Waals surface area contributed by atoms with Crippen LogP contribution in [0.3, 0.4) is 0 Å². The van der Waals surface area contributed by atoms with E-state index in [1.54, 1.807) is 7.11 Å². The number of pyridine rings is 1. The third-order valence-electron chi connectivity index (χ3n) is 4.39. The number of amides is 1. The lowest BCUT2D eigenvalue weighted by Crippen LogP contribution is -2.19. The first kappa shape index (κ1) is 18.6. The van der Waals surface area contributed by atoms with Crippen molar-refractivity contribution in [1.29, 1.82) is 0 Å². The van der Waals surface area contributed by atoms with Crippen LogP contribution in [0.1, 0.15) is 16.5 Å². The number of hydrogen-bond acceptors (Lipinski definition) is 6. The summed E-state index contributed by atoms with van der Waals surface area (Å²) in [6.45, 7) is 1.94. The van der Waals surface area contributed by atoms with Gasteiger partial charge in [-0.2, -0.15) is 5.10 Å². The Morgan fingerprint density at radius 2 is 2.07 bits per heavy atom. The molecule has 1 amide bonds. The van der Waals surface area contributed by atoms with Gasteiger partial charge in [0, 0.05) is 16.6 Å². The normalized spacial score (nSPS) is 15.8. The maximum Gasteiger partial charge on any atom is 0.282 e. The maximum absolute atomic E-state index is 12.6. The van der Waals surface area contributed by atoms with Crippen molar-refractivity contribution in [3.63, 3.8) is 0 Å². The third-order valence-corrected chi connectivity index (χ3v) is 5.78. The predicted octanol–water partition coefficient (Wildman–Crippen LogP) is 4.49. The van der Waals surface area contributed by atoms with Gasteiger partial charge in [-0.15, -0.1) is 0 Å². The molecular formula is C20H17ClN4O2S. The van der Waals surface area contributed by atoms with Crippen molar-refractivity contribution >= 4 is 50.9 Å². The maximum atomic E-state index is 12.6. The van der Waals surface area contributed by atoms with Crippen LogP contribution < -0.4 is 15.5 Å². The number of carbonyl (C=O) groups excluding carboxylic acids is 1. The number of nitrogens with one attached hydrogen (secondary N) is 2. The number of benzene rings is 2. The van der Waals surface area contributed by atoms with Crippen molar-refractivity contribution in [1.82, 2.24) is 10.4 Å². The topological polar surface area (TPSA) is 75.6 Å². The third kappa shape index (κ3) is 3.63. The Hall–Kier alpha value is -2.77. The number of rotatable bonds is 4. The molecule has 28 heavy (non-hydrogen) atoms. The second-order valence-electron chi connectivity index (χ2n) is 6.24. The van der Waals surface area contributed by atoms with Crippen LogP contribution in [0.25, 0.3) is 10.9 Å². The molecule has 0 radical (unpaired) electrons. The van der Waals surface area contributed by atoms with Gasteiger partial charge in [0.15, 0.2) is 5.04 Å². The number of hydrazone groups is 1. The average Bonchev–Trinajstić information content (AvgIpc) is 3.19. The number of ether oxygens (including phenoxy) is 1. The van der Waals surface area contributed by atoms with E-state index in [2.05, 4.69) is 20.8 Å². The first-order valence-corrected chi connectivity index (χ1v) is 9.82. The van der Waals surface area contributed by atoms with Gasteiger partial charge in [0.25, 0.3) is 5.91 Å². The Kier molecular flexibility index (Phi) is 5.11. The highest BCUT2D eigenvalue weighted by molar-refractivity contribution is 8.16. The summed E-state index contributed by atoms with van der Waals surface area (Å²) in [6, 6.07) is 15.1. The number of aromatic nitrogens is 1. The minimum absolute atomic E-state index is 0.263. The second-order valence-corrected chi connectivity index (χ2v) is 7.69. The molecule has 2 aromatic carbocycles. The summed E-state index contributed by atoms with van der Waals surface area (Å²) in [6.07, 6.45) is 0. The number of halogens is 1. The lowest BCUT2D eigenvalue weighted by atomic mass is 10.1. The van der Waals surface area contributed by atoms with Gasteiger partial charge < -0.3 is 10.1 Å². The number of anilines is 1. The Morgan fingerprint density at radius 1 is 1.25 bits per heavy atom. The molecule has 0 bridgehead atoms. The van der Waals surface area contributed by atoms with Gasteiger partial charge in [-0.25, -0.2) is 4.98 Å². The van der Waals surface area contributed by atoms with Crippen molar-refractivity contribution in [3.05, 3.63) is 64.8 Å². The molecule has 142 valence electrons. The van der Waals surface area contributed by atoms with E-state index in [1.807, 2.05) is 55.5 Å². The van der Waals surface area contributed by atoms with Crippen LogP contribution in [0, 0.1) is 6.92 Å². The fourth-order valence-corrected chi connectivity index (χ4v) is 4.08. The highest BCUT2D eigenvalue weighted by atomic mass is 35.5. The summed E-state index contributed by atoms with van der Waals surface area (Å²) in [5, 5.41) is 8.39. The lowest BCUT2D eigenvalue weighted by molar-refractivity contribution is -0.110. The minimum atomic E-state index is -0.298. The number of aryl methyl sites for hydroxylation is 1. The molecule has 1 aromatic heterocycles. The van der Waals surface area contributed by atoms with Gasteiger partial charge in [0.05, 0.1) is 12.6 Å². The molecule has 0 saturated carbocycles. The van der Waals surface area contributed by atoms with Gasteiger partial charge in [-0.05, 0) is 42.8 Å². The highest BCUT2D eigenvalue weighted by Crippen LogP contribution is 2.37. The molecular weight excluding hydrogens is 396 g/mol. The number of fused-ring (bicyclic) bond motifs is 1. The SMILES string of the molecule is COc1ccc2nc(Cl)c(C3NN=C(C(=O)Nc4ccccc4C)S3)cc2c1. The molecule has 0 saturated heterocycles. The smallest absolute Gasteiger partial charge is 0.282 e. The Bertz CT molecular complexity index is 1100. The Labute approximate surface area is 171 Å². The van der Waals surface area contributed by atoms with E-state index in [9.17, 15) is 4.79 Å². The molecule has 1 unspecified atom stereocenters. The summed E-state index contributed by atoms with van der Waals surface area (Å²) in [7, 11) is 1.62. The zero-order valence-electron chi connectivity index (χ0n) is 15.2. The number of para-hydroxylation sites is 1. The van der Waals surface area contributed by atoms with Crippen LogP contribution in [-0.4, -0.2) is 23.0 Å². The summed E-state index contributed by atoms with van der Waals surface area (Å²) in [4.78, 5) is 17.0. The summed E-state index contributed by atoms with van der Waals surface area (Å²) in [5.74, 6) is 0.477. The zero-order valence-corrected chi connectivity index (χ0v) is 16.8. The van der Waals surface area contributed by atoms with Crippen molar-refractivity contribution in [2.24, 2.45) is 5.10 Å². The van der Waals surface area contributed by atoms with Crippen LogP contribution in [0.4, 0.5) is 5.69 Å². The van der Waals surface area contributed by atoms with Crippen LogP contribution in [0.5, 0.6) is 5.75 Å². The Balaban J connectivity index is 1.53. The van der Waals surface area contributed by atoms with Crippen LogP contribution in [0.2, 0.25) is 5.15 Å². The van der Waals surface area contributed by atoms with Crippen molar-refractivity contribution in [2.45, 2.75) is 12.3 Å². The standard InChI is InChI=1S/C20H17ClN4O2S/c1-11-5-3-4-6-15(11)23-18(26)20-25-24-19(28-20)14-10-12-9-13(27-2)7-8-16(12)22-17(14)21/h3-10,19,24H,1-2H3,(H,23,26). The summed E-state index contributed by atoms with van der Waals surface area (Å²) < 4.78 is 5.28. The first-order chi connectivity index (χ1) is 13.5. The summed E-state index contributed by atoms with van der Waals surface area (Å²) in [5.41, 5.74) is 6.25. The minimum Gasteiger partial charge on any atom is -0.497 e. The quantitative estimate of drug-likeness (QED) is 0.617. The van der Waals surface area contributed by atoms with Gasteiger partial charge in [-0.3, -0.25) is 10.2 Å². The van der Waals surface area contributed by atoms with Gasteiger partial charge in [0.2, 0.25) is 0 Å². The Morgan fingerprint density at radius 3 is 2.86 bits per heavy atom. The molecule has 8 heteroatoms. The van der Waals surface area contributed by atoms with Gasteiger partial charge in [-0.1, -0.05) is 41.6 Å². The van der Waals surface area contributed by atoms with Crippen LogP contribution in [-0.2, 0) is 4.79 Å². The van der Waals surface area contributed by atoms with Crippen molar-refractivity contribution in [2.75, 3.05) is 12.4 Å². The highest BCUT2D eigenvalue weighted by Gasteiger charge is 2.28. The number of thioether (sulfide) groups is 1. The van der Waals surface area contributed by atoms with E-state index in [1.165, 1.54) is 11.8 Å². The molecule has 1 aliphatic rings. The van der Waals surface area contributed by atoms with E-state index < -0.39 is 0 Å². The van der Waals surface area contributed by atoms with Gasteiger partial charge >= 0.3 is 0 Å². The summed E-state index contributed by atoms with van der Waals surface area (Å²) >= 11 is 7.69.